The van der Waals surface area contributed by atoms with Crippen LogP contribution in [0, 0.1) is 5.92 Å². The van der Waals surface area contributed by atoms with Gasteiger partial charge in [0.05, 0.1) is 0 Å². The standard InChI is InChI=1S/C18H21N/c1-14(19-13-5-6-15-11-12-15)17-10-4-8-16-7-2-3-9-18(16)17/h2-10,14-15,19H,11-13H2,1H3/b6-5+/t14-/m1/s1. The van der Waals surface area contributed by atoms with Crippen molar-refractivity contribution in [3.05, 3.63) is 60.2 Å². The highest BCUT2D eigenvalue weighted by molar-refractivity contribution is 5.86. The molecule has 19 heavy (non-hydrogen) atoms. The van der Waals surface area contributed by atoms with Gasteiger partial charge in [0.15, 0.2) is 0 Å². The molecular formula is C18H21N. The number of benzene rings is 2. The van der Waals surface area contributed by atoms with Crippen LogP contribution in [0.1, 0.15) is 31.4 Å². The van der Waals surface area contributed by atoms with Crippen LogP contribution in [0.5, 0.6) is 0 Å². The molecular weight excluding hydrogens is 230 g/mol. The summed E-state index contributed by atoms with van der Waals surface area (Å²) in [6.45, 7) is 3.20. The molecule has 0 heterocycles. The van der Waals surface area contributed by atoms with E-state index < -0.39 is 0 Å². The van der Waals surface area contributed by atoms with E-state index in [0.717, 1.165) is 12.5 Å². The monoisotopic (exact) mass is 251 g/mol. The molecule has 0 saturated heterocycles. The van der Waals surface area contributed by atoms with Crippen LogP contribution in [0.15, 0.2) is 54.6 Å². The Labute approximate surface area is 115 Å². The minimum Gasteiger partial charge on any atom is -0.307 e. The maximum Gasteiger partial charge on any atom is 0.0300 e. The summed E-state index contributed by atoms with van der Waals surface area (Å²) in [4.78, 5) is 0. The molecule has 1 N–H and O–H groups in total. The van der Waals surface area contributed by atoms with E-state index in [1.807, 2.05) is 0 Å². The lowest BCUT2D eigenvalue weighted by Crippen LogP contribution is -2.18. The number of fused-ring (bicyclic) bond motifs is 1. The van der Waals surface area contributed by atoms with Crippen LogP contribution in [-0.2, 0) is 0 Å². The predicted molar refractivity (Wildman–Crippen MR) is 82.2 cm³/mol. The van der Waals surface area contributed by atoms with Crippen molar-refractivity contribution in [2.24, 2.45) is 5.92 Å². The lowest BCUT2D eigenvalue weighted by Gasteiger charge is -2.15. The van der Waals surface area contributed by atoms with E-state index >= 15 is 0 Å². The topological polar surface area (TPSA) is 12.0 Å². The third-order valence-electron chi connectivity index (χ3n) is 3.86. The van der Waals surface area contributed by atoms with Crippen LogP contribution < -0.4 is 5.32 Å². The van der Waals surface area contributed by atoms with Crippen LogP contribution in [0.3, 0.4) is 0 Å². The molecule has 0 radical (unpaired) electrons. The molecule has 1 aliphatic carbocycles. The molecule has 0 amide bonds. The van der Waals surface area contributed by atoms with Crippen molar-refractivity contribution in [1.29, 1.82) is 0 Å². The van der Waals surface area contributed by atoms with Crippen LogP contribution in [-0.4, -0.2) is 6.54 Å². The molecule has 0 aromatic heterocycles. The van der Waals surface area contributed by atoms with Crippen molar-refractivity contribution in [1.82, 2.24) is 5.32 Å². The lowest BCUT2D eigenvalue weighted by molar-refractivity contribution is 0.620. The average molecular weight is 251 g/mol. The minimum absolute atomic E-state index is 0.384. The second kappa shape index (κ2) is 5.58. The summed E-state index contributed by atoms with van der Waals surface area (Å²) in [5, 5.41) is 6.27. The van der Waals surface area contributed by atoms with Crippen LogP contribution in [0.2, 0.25) is 0 Å². The van der Waals surface area contributed by atoms with Gasteiger partial charge in [-0.25, -0.2) is 0 Å². The summed E-state index contributed by atoms with van der Waals surface area (Å²) in [6.07, 6.45) is 7.40. The van der Waals surface area contributed by atoms with Gasteiger partial charge >= 0.3 is 0 Å². The molecule has 1 saturated carbocycles. The molecule has 1 nitrogen and oxygen atoms in total. The fraction of sp³-hybridized carbons (Fsp3) is 0.333. The fourth-order valence-electron chi connectivity index (χ4n) is 2.53. The molecule has 2 aromatic rings. The van der Waals surface area contributed by atoms with Crippen molar-refractivity contribution in [2.75, 3.05) is 6.54 Å². The Balaban J connectivity index is 1.71. The first-order valence-corrected chi connectivity index (χ1v) is 7.22. The van der Waals surface area contributed by atoms with Crippen molar-refractivity contribution in [3.63, 3.8) is 0 Å². The zero-order valence-corrected chi connectivity index (χ0v) is 11.5. The van der Waals surface area contributed by atoms with E-state index in [9.17, 15) is 0 Å². The molecule has 98 valence electrons. The van der Waals surface area contributed by atoms with Crippen molar-refractivity contribution >= 4 is 10.8 Å². The van der Waals surface area contributed by atoms with E-state index in [4.69, 9.17) is 0 Å². The fourth-order valence-corrected chi connectivity index (χ4v) is 2.53. The molecule has 1 atom stereocenters. The highest BCUT2D eigenvalue weighted by atomic mass is 14.9. The Morgan fingerprint density at radius 2 is 1.95 bits per heavy atom. The molecule has 3 rings (SSSR count). The highest BCUT2D eigenvalue weighted by Gasteiger charge is 2.16. The van der Waals surface area contributed by atoms with Gasteiger partial charge in [-0.3, -0.25) is 0 Å². The SMILES string of the molecule is C[C@@H](NC/C=C/C1CC1)c1cccc2ccccc12. The van der Waals surface area contributed by atoms with E-state index in [0.29, 0.717) is 6.04 Å². The Kier molecular flexibility index (Phi) is 3.65. The number of hydrogen-bond acceptors (Lipinski definition) is 1. The largest absolute Gasteiger partial charge is 0.307 e. The summed E-state index contributed by atoms with van der Waals surface area (Å²) < 4.78 is 0. The van der Waals surface area contributed by atoms with Gasteiger partial charge in [-0.2, -0.15) is 0 Å². The minimum atomic E-state index is 0.384. The molecule has 0 aliphatic heterocycles. The zero-order valence-electron chi connectivity index (χ0n) is 11.5. The normalized spacial score (nSPS) is 17.1. The number of hydrogen-bond donors (Lipinski definition) is 1. The van der Waals surface area contributed by atoms with Gasteiger partial charge in [-0.05, 0) is 42.0 Å². The van der Waals surface area contributed by atoms with Crippen molar-refractivity contribution in [2.45, 2.75) is 25.8 Å². The zero-order chi connectivity index (χ0) is 13.1. The van der Waals surface area contributed by atoms with Crippen LogP contribution in [0.25, 0.3) is 10.8 Å². The van der Waals surface area contributed by atoms with Crippen LogP contribution in [0.4, 0.5) is 0 Å². The van der Waals surface area contributed by atoms with Crippen molar-refractivity contribution < 1.29 is 0 Å². The number of nitrogens with one attached hydrogen (secondary N) is 1. The lowest BCUT2D eigenvalue weighted by atomic mass is 10.00. The van der Waals surface area contributed by atoms with Gasteiger partial charge in [-0.1, -0.05) is 54.6 Å². The average Bonchev–Trinajstić information content (AvgIpc) is 3.27. The molecule has 1 aliphatic rings. The Morgan fingerprint density at radius 3 is 2.79 bits per heavy atom. The summed E-state index contributed by atoms with van der Waals surface area (Å²) in [7, 11) is 0. The number of rotatable bonds is 5. The molecule has 0 spiro atoms. The maximum atomic E-state index is 3.59. The summed E-state index contributed by atoms with van der Waals surface area (Å²) >= 11 is 0. The van der Waals surface area contributed by atoms with E-state index in [-0.39, 0.29) is 0 Å². The van der Waals surface area contributed by atoms with E-state index in [1.165, 1.54) is 29.2 Å². The van der Waals surface area contributed by atoms with Gasteiger partial charge in [-0.15, -0.1) is 0 Å². The smallest absolute Gasteiger partial charge is 0.0300 e. The molecule has 1 heteroatoms. The first-order chi connectivity index (χ1) is 9.34. The first-order valence-electron chi connectivity index (χ1n) is 7.22. The summed E-state index contributed by atoms with van der Waals surface area (Å²) in [5.74, 6) is 0.870. The quantitative estimate of drug-likeness (QED) is 0.774. The van der Waals surface area contributed by atoms with Gasteiger partial charge in [0.1, 0.15) is 0 Å². The Hall–Kier alpha value is -1.60. The van der Waals surface area contributed by atoms with Gasteiger partial charge in [0.25, 0.3) is 0 Å². The second-order valence-electron chi connectivity index (χ2n) is 5.46. The first kappa shape index (κ1) is 12.4. The van der Waals surface area contributed by atoms with Crippen molar-refractivity contribution in [3.8, 4) is 0 Å². The Bertz CT molecular complexity index is 576. The second-order valence-corrected chi connectivity index (χ2v) is 5.46. The van der Waals surface area contributed by atoms with E-state index in [2.05, 4.69) is 66.9 Å². The summed E-state index contributed by atoms with van der Waals surface area (Å²) in [6, 6.07) is 15.5. The maximum absolute atomic E-state index is 3.59. The third kappa shape index (κ3) is 3.05. The van der Waals surface area contributed by atoms with Gasteiger partial charge < -0.3 is 5.32 Å². The highest BCUT2D eigenvalue weighted by Crippen LogP contribution is 2.30. The summed E-state index contributed by atoms with van der Waals surface area (Å²) in [5.41, 5.74) is 1.39. The van der Waals surface area contributed by atoms with E-state index in [1.54, 1.807) is 0 Å². The predicted octanol–water partition coefficient (Wildman–Crippen LogP) is 4.46. The number of allylic oxidation sites excluding steroid dienone is 1. The van der Waals surface area contributed by atoms with Gasteiger partial charge in [0, 0.05) is 12.6 Å². The molecule has 1 fully saturated rings. The Morgan fingerprint density at radius 1 is 1.16 bits per heavy atom. The molecule has 0 unspecified atom stereocenters. The molecule has 2 aromatic carbocycles. The van der Waals surface area contributed by atoms with Crippen LogP contribution >= 0.6 is 0 Å². The third-order valence-corrected chi connectivity index (χ3v) is 3.86. The van der Waals surface area contributed by atoms with Gasteiger partial charge in [0.2, 0.25) is 0 Å². The molecule has 0 bridgehead atoms.